The molecule has 1 amide bonds. The third-order valence-electron chi connectivity index (χ3n) is 5.90. The van der Waals surface area contributed by atoms with Crippen molar-refractivity contribution in [3.05, 3.63) is 72.1 Å². The number of methoxy groups -OCH3 is 1. The van der Waals surface area contributed by atoms with Crippen molar-refractivity contribution >= 4 is 46.4 Å². The number of nitrogens with zero attached hydrogens (tertiary/aromatic N) is 6. The Morgan fingerprint density at radius 1 is 1.16 bits per heavy atom. The van der Waals surface area contributed by atoms with Gasteiger partial charge in [0.1, 0.15) is 11.4 Å². The average molecular weight is 519 g/mol. The second-order valence-corrected chi connectivity index (χ2v) is 9.35. The lowest BCUT2D eigenvalue weighted by atomic mass is 10.1. The van der Waals surface area contributed by atoms with Gasteiger partial charge in [0.05, 0.1) is 30.7 Å². The fraction of sp³-hybridized carbons (Fsp3) is 0.269. The summed E-state index contributed by atoms with van der Waals surface area (Å²) in [5.41, 5.74) is 1.64. The minimum Gasteiger partial charge on any atom is -0.861 e. The Kier molecular flexibility index (Phi) is 7.50. The largest absolute Gasteiger partial charge is 0.861 e. The number of hydrogen-bond donors (Lipinski definition) is 0. The zero-order chi connectivity index (χ0) is 25.6. The molecule has 0 aliphatic carbocycles. The Hall–Kier alpha value is -4.12. The Labute approximate surface area is 218 Å². The summed E-state index contributed by atoms with van der Waals surface area (Å²) >= 11 is 1.14. The third-order valence-corrected chi connectivity index (χ3v) is 6.82. The lowest BCUT2D eigenvalue weighted by Crippen LogP contribution is -2.60. The van der Waals surface area contributed by atoms with Crippen LogP contribution in [0.25, 0.3) is 6.08 Å². The number of aliphatic imine (C=N–C) groups is 2. The van der Waals surface area contributed by atoms with Crippen LogP contribution in [-0.4, -0.2) is 48.2 Å². The third kappa shape index (κ3) is 5.67. The topological polar surface area (TPSA) is 110 Å². The zero-order valence-corrected chi connectivity index (χ0v) is 21.1. The molecule has 2 aliphatic heterocycles. The Balaban J connectivity index is 1.35. The van der Waals surface area contributed by atoms with Crippen LogP contribution < -0.4 is 24.5 Å². The fourth-order valence-electron chi connectivity index (χ4n) is 4.11. The number of amides is 1. The van der Waals surface area contributed by atoms with Gasteiger partial charge in [0.2, 0.25) is 5.27 Å². The van der Waals surface area contributed by atoms with Crippen molar-refractivity contribution in [1.82, 2.24) is 5.27 Å². The van der Waals surface area contributed by atoms with Gasteiger partial charge in [0.15, 0.2) is 5.17 Å². The number of ether oxygens (including phenoxy) is 1. The standard InChI is InChI=1S/C26H26N6O4S/c1-35-22-13-7-6-10-19(22)16-21-25(34)32(20-11-4-2-5-12-20)26(27-21)37-18-23(33)28-24-17-31(29-36-24)30-14-8-3-9-15-30/h2,4-7,10-13,16-17H,3,8-9,14-15,18H2,1H3/b21-16+. The van der Waals surface area contributed by atoms with Crippen molar-refractivity contribution < 1.29 is 24.0 Å². The van der Waals surface area contributed by atoms with E-state index in [1.807, 2.05) is 54.6 Å². The second kappa shape index (κ2) is 11.3. The minimum atomic E-state index is -0.419. The molecule has 0 unspecified atom stereocenters. The summed E-state index contributed by atoms with van der Waals surface area (Å²) in [7, 11) is 1.58. The SMILES string of the molecule is COc1ccccc1/C=C1/N=C(SC/C([O-])=N\c2c[n+](N3CCCCC3)no2)N(c2ccccc2)C1=O. The van der Waals surface area contributed by atoms with Gasteiger partial charge in [-0.3, -0.25) is 14.2 Å². The van der Waals surface area contributed by atoms with Gasteiger partial charge in [-0.2, -0.15) is 5.01 Å². The molecule has 190 valence electrons. The molecule has 0 atom stereocenters. The van der Waals surface area contributed by atoms with Gasteiger partial charge in [-0.1, -0.05) is 48.2 Å². The smallest absolute Gasteiger partial charge is 0.324 e. The molecule has 0 radical (unpaired) electrons. The van der Waals surface area contributed by atoms with E-state index >= 15 is 0 Å². The Bertz CT molecular complexity index is 1350. The first-order valence-corrected chi connectivity index (χ1v) is 12.9. The molecule has 1 saturated heterocycles. The molecule has 0 saturated carbocycles. The molecule has 0 bridgehead atoms. The van der Waals surface area contributed by atoms with Crippen LogP contribution in [0.4, 0.5) is 11.6 Å². The number of amidine groups is 1. The van der Waals surface area contributed by atoms with E-state index in [1.54, 1.807) is 24.2 Å². The van der Waals surface area contributed by atoms with E-state index in [-0.39, 0.29) is 23.2 Å². The molecule has 2 aromatic carbocycles. The summed E-state index contributed by atoms with van der Waals surface area (Å²) in [6, 6.07) is 16.6. The summed E-state index contributed by atoms with van der Waals surface area (Å²) in [6.45, 7) is 1.77. The molecule has 1 aromatic heterocycles. The number of anilines is 1. The zero-order valence-electron chi connectivity index (χ0n) is 20.3. The number of carbonyl (C=O) groups excluding carboxylic acids is 1. The first-order chi connectivity index (χ1) is 18.1. The van der Waals surface area contributed by atoms with E-state index < -0.39 is 5.90 Å². The summed E-state index contributed by atoms with van der Waals surface area (Å²) in [5, 5.41) is 19.1. The highest BCUT2D eigenvalue weighted by Crippen LogP contribution is 2.30. The van der Waals surface area contributed by atoms with E-state index in [1.165, 1.54) is 11.3 Å². The van der Waals surface area contributed by atoms with Crippen LogP contribution in [0.15, 0.2) is 81.0 Å². The predicted octanol–water partition coefficient (Wildman–Crippen LogP) is 2.66. The Morgan fingerprint density at radius 2 is 1.92 bits per heavy atom. The first kappa shape index (κ1) is 24.6. The van der Waals surface area contributed by atoms with Crippen LogP contribution >= 0.6 is 11.8 Å². The van der Waals surface area contributed by atoms with Crippen molar-refractivity contribution in [2.24, 2.45) is 9.98 Å². The van der Waals surface area contributed by atoms with Crippen molar-refractivity contribution in [3.63, 3.8) is 0 Å². The first-order valence-electron chi connectivity index (χ1n) is 12.0. The van der Waals surface area contributed by atoms with Gasteiger partial charge >= 0.3 is 5.88 Å². The lowest BCUT2D eigenvalue weighted by Gasteiger charge is -2.18. The van der Waals surface area contributed by atoms with Gasteiger partial charge < -0.3 is 9.84 Å². The molecule has 3 heterocycles. The summed E-state index contributed by atoms with van der Waals surface area (Å²) in [6.07, 6.45) is 6.67. The number of carbonyl (C=O) groups is 1. The number of rotatable bonds is 7. The van der Waals surface area contributed by atoms with Crippen LogP contribution in [0.3, 0.4) is 0 Å². The highest BCUT2D eigenvalue weighted by atomic mass is 32.2. The van der Waals surface area contributed by atoms with Crippen molar-refractivity contribution in [2.45, 2.75) is 19.3 Å². The number of hydrogen-bond acceptors (Lipinski definition) is 9. The number of para-hydroxylation sites is 2. The number of piperidine rings is 1. The normalized spacial score (nSPS) is 17.4. The van der Waals surface area contributed by atoms with Crippen LogP contribution in [0.5, 0.6) is 5.75 Å². The van der Waals surface area contributed by atoms with E-state index in [0.717, 1.165) is 43.3 Å². The highest BCUT2D eigenvalue weighted by molar-refractivity contribution is 8.14. The van der Waals surface area contributed by atoms with Gasteiger partial charge in [-0.15, -0.1) is 0 Å². The quantitative estimate of drug-likeness (QED) is 0.205. The van der Waals surface area contributed by atoms with Crippen LogP contribution in [-0.2, 0) is 4.79 Å². The number of aromatic nitrogens is 2. The van der Waals surface area contributed by atoms with E-state index in [2.05, 4.69) is 20.3 Å². The summed E-state index contributed by atoms with van der Waals surface area (Å²) in [4.78, 5) is 25.1. The molecule has 10 nitrogen and oxygen atoms in total. The summed E-state index contributed by atoms with van der Waals surface area (Å²) < 4.78 is 10.6. The molecule has 2 aliphatic rings. The van der Waals surface area contributed by atoms with Crippen molar-refractivity contribution in [3.8, 4) is 5.75 Å². The molecule has 0 spiro atoms. The molecule has 1 fully saturated rings. The minimum absolute atomic E-state index is 0.0260. The van der Waals surface area contributed by atoms with Gasteiger partial charge in [0.25, 0.3) is 12.1 Å². The van der Waals surface area contributed by atoms with Gasteiger partial charge in [0, 0.05) is 11.3 Å². The maximum Gasteiger partial charge on any atom is 0.324 e. The van der Waals surface area contributed by atoms with Crippen molar-refractivity contribution in [1.29, 1.82) is 0 Å². The maximum absolute atomic E-state index is 13.4. The molecular weight excluding hydrogens is 492 g/mol. The van der Waals surface area contributed by atoms with Crippen LogP contribution in [0.2, 0.25) is 0 Å². The molecule has 5 rings (SSSR count). The lowest BCUT2D eigenvalue weighted by molar-refractivity contribution is -0.759. The molecule has 0 N–H and O–H groups in total. The molecule has 37 heavy (non-hydrogen) atoms. The van der Waals surface area contributed by atoms with Gasteiger partial charge in [-0.05, 0) is 49.4 Å². The van der Waals surface area contributed by atoms with Gasteiger partial charge in [-0.25, -0.2) is 9.98 Å². The number of thioether (sulfide) groups is 1. The fourth-order valence-corrected chi connectivity index (χ4v) is 4.90. The van der Waals surface area contributed by atoms with Crippen LogP contribution in [0, 0.1) is 0 Å². The Morgan fingerprint density at radius 3 is 2.70 bits per heavy atom. The second-order valence-electron chi connectivity index (χ2n) is 8.41. The molecule has 3 aromatic rings. The van der Waals surface area contributed by atoms with Crippen molar-refractivity contribution in [2.75, 3.05) is 35.9 Å². The molecule has 11 heteroatoms. The predicted molar refractivity (Wildman–Crippen MR) is 140 cm³/mol. The average Bonchev–Trinajstić information content (AvgIpc) is 3.53. The molecular formula is C26H26N6O4S. The number of benzene rings is 2. The van der Waals surface area contributed by atoms with Crippen LogP contribution in [0.1, 0.15) is 24.8 Å². The highest BCUT2D eigenvalue weighted by Gasteiger charge is 2.32. The van der Waals surface area contributed by atoms with E-state index in [0.29, 0.717) is 16.6 Å². The van der Waals surface area contributed by atoms with E-state index in [4.69, 9.17) is 9.26 Å². The summed E-state index contributed by atoms with van der Waals surface area (Å²) in [5.74, 6) is 0.0338. The van der Waals surface area contributed by atoms with E-state index in [9.17, 15) is 9.90 Å². The maximum atomic E-state index is 13.4. The monoisotopic (exact) mass is 518 g/mol.